The SMILES string of the molecule is CC1CCCCC1NC(=O)CSc1nnc(-c2ccc3c(c2)OCO3)o1. The van der Waals surface area contributed by atoms with Crippen molar-refractivity contribution in [3.05, 3.63) is 18.2 Å². The second-order valence-electron chi connectivity index (χ2n) is 6.67. The molecule has 8 heteroatoms. The van der Waals surface area contributed by atoms with Gasteiger partial charge in [0.1, 0.15) is 0 Å². The molecule has 0 spiro atoms. The van der Waals surface area contributed by atoms with Crippen molar-refractivity contribution in [1.29, 1.82) is 0 Å². The maximum absolute atomic E-state index is 12.2. The quantitative estimate of drug-likeness (QED) is 0.803. The average Bonchev–Trinajstić information content (AvgIpc) is 3.30. The fraction of sp³-hybridized carbons (Fsp3) is 0.500. The Hall–Kier alpha value is -2.22. The maximum Gasteiger partial charge on any atom is 0.277 e. The van der Waals surface area contributed by atoms with E-state index < -0.39 is 0 Å². The molecule has 138 valence electrons. The van der Waals surface area contributed by atoms with Gasteiger partial charge in [-0.2, -0.15) is 0 Å². The molecule has 0 bridgehead atoms. The maximum atomic E-state index is 12.2. The van der Waals surface area contributed by atoms with E-state index in [-0.39, 0.29) is 24.5 Å². The van der Waals surface area contributed by atoms with Gasteiger partial charge in [-0.1, -0.05) is 31.5 Å². The zero-order valence-electron chi connectivity index (χ0n) is 14.6. The zero-order chi connectivity index (χ0) is 17.9. The molecule has 2 heterocycles. The van der Waals surface area contributed by atoms with Crippen molar-refractivity contribution >= 4 is 17.7 Å². The van der Waals surface area contributed by atoms with Gasteiger partial charge in [0.2, 0.25) is 18.6 Å². The van der Waals surface area contributed by atoms with E-state index in [1.54, 1.807) is 0 Å². The molecule has 1 N–H and O–H groups in total. The minimum atomic E-state index is 0.0107. The lowest BCUT2D eigenvalue weighted by Crippen LogP contribution is -2.41. The van der Waals surface area contributed by atoms with Crippen LogP contribution in [-0.4, -0.2) is 34.7 Å². The molecule has 1 aromatic heterocycles. The van der Waals surface area contributed by atoms with Gasteiger partial charge in [-0.15, -0.1) is 10.2 Å². The summed E-state index contributed by atoms with van der Waals surface area (Å²) in [7, 11) is 0. The van der Waals surface area contributed by atoms with Crippen molar-refractivity contribution in [3.8, 4) is 23.0 Å². The van der Waals surface area contributed by atoms with E-state index in [0.717, 1.165) is 12.0 Å². The number of thioether (sulfide) groups is 1. The largest absolute Gasteiger partial charge is 0.454 e. The Morgan fingerprint density at radius 3 is 2.96 bits per heavy atom. The van der Waals surface area contributed by atoms with Crippen LogP contribution in [-0.2, 0) is 4.79 Å². The van der Waals surface area contributed by atoms with E-state index in [2.05, 4.69) is 22.4 Å². The van der Waals surface area contributed by atoms with E-state index in [4.69, 9.17) is 13.9 Å². The first-order valence-corrected chi connectivity index (χ1v) is 9.83. The van der Waals surface area contributed by atoms with Crippen LogP contribution in [0.4, 0.5) is 0 Å². The molecule has 26 heavy (non-hydrogen) atoms. The molecule has 7 nitrogen and oxygen atoms in total. The Morgan fingerprint density at radius 1 is 1.23 bits per heavy atom. The Kier molecular flexibility index (Phi) is 5.01. The fourth-order valence-electron chi connectivity index (χ4n) is 3.32. The van der Waals surface area contributed by atoms with Crippen LogP contribution in [0, 0.1) is 5.92 Å². The number of amides is 1. The first-order chi connectivity index (χ1) is 12.7. The molecule has 1 fully saturated rings. The van der Waals surface area contributed by atoms with Gasteiger partial charge in [0.05, 0.1) is 5.75 Å². The third-order valence-corrected chi connectivity index (χ3v) is 5.63. The molecule has 2 aromatic rings. The van der Waals surface area contributed by atoms with Crippen LogP contribution in [0.3, 0.4) is 0 Å². The lowest BCUT2D eigenvalue weighted by atomic mass is 9.86. The summed E-state index contributed by atoms with van der Waals surface area (Å²) in [5, 5.41) is 11.6. The summed E-state index contributed by atoms with van der Waals surface area (Å²) in [5.41, 5.74) is 0.758. The van der Waals surface area contributed by atoms with Crippen LogP contribution in [0.5, 0.6) is 11.5 Å². The van der Waals surface area contributed by atoms with Crippen LogP contribution in [0.15, 0.2) is 27.8 Å². The summed E-state index contributed by atoms with van der Waals surface area (Å²) in [6.07, 6.45) is 4.69. The second-order valence-corrected chi connectivity index (χ2v) is 7.59. The third kappa shape index (κ3) is 3.80. The number of rotatable bonds is 5. The average molecular weight is 375 g/mol. The number of hydrogen-bond acceptors (Lipinski definition) is 7. The summed E-state index contributed by atoms with van der Waals surface area (Å²) in [4.78, 5) is 12.2. The molecule has 2 atom stereocenters. The standard InChI is InChI=1S/C18H21N3O4S/c1-11-4-2-3-5-13(11)19-16(22)9-26-18-21-20-17(25-18)12-6-7-14-15(8-12)24-10-23-14/h6-8,11,13H,2-5,9-10H2,1H3,(H,19,22). The highest BCUT2D eigenvalue weighted by Gasteiger charge is 2.23. The Labute approximate surface area is 155 Å². The molecule has 1 aliphatic heterocycles. The number of carbonyl (C=O) groups is 1. The molecule has 0 saturated heterocycles. The normalized spacial score (nSPS) is 21.6. The summed E-state index contributed by atoms with van der Waals surface area (Å²) in [6.45, 7) is 2.42. The summed E-state index contributed by atoms with van der Waals surface area (Å²) < 4.78 is 16.3. The number of benzene rings is 1. The van der Waals surface area contributed by atoms with Gasteiger partial charge in [-0.05, 0) is 37.0 Å². The first kappa shape index (κ1) is 17.2. The van der Waals surface area contributed by atoms with Crippen LogP contribution in [0.25, 0.3) is 11.5 Å². The lowest BCUT2D eigenvalue weighted by Gasteiger charge is -2.29. The topological polar surface area (TPSA) is 86.5 Å². The van der Waals surface area contributed by atoms with Crippen LogP contribution in [0.1, 0.15) is 32.6 Å². The first-order valence-electron chi connectivity index (χ1n) is 8.85. The zero-order valence-corrected chi connectivity index (χ0v) is 15.4. The Morgan fingerprint density at radius 2 is 2.08 bits per heavy atom. The smallest absolute Gasteiger partial charge is 0.277 e. The number of nitrogens with zero attached hydrogens (tertiary/aromatic N) is 2. The van der Waals surface area contributed by atoms with Crippen molar-refractivity contribution in [3.63, 3.8) is 0 Å². The third-order valence-electron chi connectivity index (χ3n) is 4.81. The number of ether oxygens (including phenoxy) is 2. The van der Waals surface area contributed by atoms with E-state index in [9.17, 15) is 4.79 Å². The molecule has 0 radical (unpaired) electrons. The number of fused-ring (bicyclic) bond motifs is 1. The molecule has 2 unspecified atom stereocenters. The lowest BCUT2D eigenvalue weighted by molar-refractivity contribution is -0.119. The molecule has 1 saturated carbocycles. The van der Waals surface area contributed by atoms with Gasteiger partial charge in [0, 0.05) is 11.6 Å². The Balaban J connectivity index is 1.33. The van der Waals surface area contributed by atoms with E-state index >= 15 is 0 Å². The van der Waals surface area contributed by atoms with Gasteiger partial charge < -0.3 is 19.2 Å². The number of aromatic nitrogens is 2. The molecular weight excluding hydrogens is 354 g/mol. The van der Waals surface area contributed by atoms with Gasteiger partial charge in [-0.25, -0.2) is 0 Å². The van der Waals surface area contributed by atoms with Crippen LogP contribution in [0.2, 0.25) is 0 Å². The van der Waals surface area contributed by atoms with Gasteiger partial charge in [-0.3, -0.25) is 4.79 Å². The van der Waals surface area contributed by atoms with Crippen molar-refractivity contribution < 1.29 is 18.7 Å². The number of carbonyl (C=O) groups excluding carboxylic acids is 1. The highest BCUT2D eigenvalue weighted by Crippen LogP contribution is 2.36. The van der Waals surface area contributed by atoms with Crippen LogP contribution >= 0.6 is 11.8 Å². The molecule has 1 amide bonds. The molecule has 1 aromatic carbocycles. The number of nitrogens with one attached hydrogen (secondary N) is 1. The monoisotopic (exact) mass is 375 g/mol. The van der Waals surface area contributed by atoms with Crippen molar-refractivity contribution in [2.24, 2.45) is 5.92 Å². The van der Waals surface area contributed by atoms with Crippen molar-refractivity contribution in [2.45, 2.75) is 43.9 Å². The van der Waals surface area contributed by atoms with E-state index in [0.29, 0.717) is 28.5 Å². The Bertz CT molecular complexity index is 794. The minimum absolute atomic E-state index is 0.0107. The van der Waals surface area contributed by atoms with Crippen LogP contribution < -0.4 is 14.8 Å². The highest BCUT2D eigenvalue weighted by molar-refractivity contribution is 7.99. The molecule has 4 rings (SSSR count). The summed E-state index contributed by atoms with van der Waals surface area (Å²) in [6, 6.07) is 5.74. The minimum Gasteiger partial charge on any atom is -0.454 e. The predicted octanol–water partition coefficient (Wildman–Crippen LogP) is 3.25. The van der Waals surface area contributed by atoms with Crippen molar-refractivity contribution in [1.82, 2.24) is 15.5 Å². The summed E-state index contributed by atoms with van der Waals surface area (Å²) >= 11 is 1.25. The van der Waals surface area contributed by atoms with E-state index in [1.807, 2.05) is 18.2 Å². The molecular formula is C18H21N3O4S. The van der Waals surface area contributed by atoms with Crippen molar-refractivity contribution in [2.75, 3.05) is 12.5 Å². The van der Waals surface area contributed by atoms with Gasteiger partial charge in [0.25, 0.3) is 5.22 Å². The van der Waals surface area contributed by atoms with E-state index in [1.165, 1.54) is 31.0 Å². The number of hydrogen-bond donors (Lipinski definition) is 1. The summed E-state index contributed by atoms with van der Waals surface area (Å²) in [5.74, 6) is 2.58. The highest BCUT2D eigenvalue weighted by atomic mass is 32.2. The second kappa shape index (κ2) is 7.57. The van der Waals surface area contributed by atoms with Gasteiger partial charge >= 0.3 is 0 Å². The molecule has 1 aliphatic carbocycles. The van der Waals surface area contributed by atoms with Gasteiger partial charge in [0.15, 0.2) is 11.5 Å². The predicted molar refractivity (Wildman–Crippen MR) is 96.1 cm³/mol. The fourth-order valence-corrected chi connectivity index (χ4v) is 3.90. The molecule has 2 aliphatic rings.